The van der Waals surface area contributed by atoms with Gasteiger partial charge in [0.1, 0.15) is 6.61 Å². The van der Waals surface area contributed by atoms with Crippen molar-refractivity contribution < 1.29 is 4.74 Å². The quantitative estimate of drug-likeness (QED) is 0.729. The lowest BCUT2D eigenvalue weighted by atomic mass is 9.66. The highest BCUT2D eigenvalue weighted by molar-refractivity contribution is 7.80. The van der Waals surface area contributed by atoms with Crippen LogP contribution in [0, 0.1) is 5.41 Å². The van der Waals surface area contributed by atoms with Crippen molar-refractivity contribution in [1.29, 1.82) is 0 Å². The molecular weight excluding hydrogens is 378 g/mol. The number of benzene rings is 1. The number of aromatic nitrogens is 1. The average Bonchev–Trinajstić information content (AvgIpc) is 3.06. The van der Waals surface area contributed by atoms with Crippen LogP contribution in [0.25, 0.3) is 16.6 Å². The molecule has 3 aliphatic rings. The molecule has 0 spiro atoms. The molecule has 0 radical (unpaired) electrons. The highest BCUT2D eigenvalue weighted by Gasteiger charge is 2.50. The first-order chi connectivity index (χ1) is 14.0. The van der Waals surface area contributed by atoms with Crippen LogP contribution in [-0.2, 0) is 11.2 Å². The fourth-order valence-electron chi connectivity index (χ4n) is 5.91. The molecule has 1 aromatic carbocycles. The summed E-state index contributed by atoms with van der Waals surface area (Å²) in [5.41, 5.74) is 5.83. The summed E-state index contributed by atoms with van der Waals surface area (Å²) in [6, 6.07) is 9.65. The van der Waals surface area contributed by atoms with Gasteiger partial charge >= 0.3 is 0 Å². The molecule has 29 heavy (non-hydrogen) atoms. The van der Waals surface area contributed by atoms with E-state index in [1.54, 1.807) is 5.56 Å². The SMILES string of the molecule is CC[C@@]12C=C(COC(=S)NC(C)C)n3c4c(c5ccccc53)CCN(CCC1)[C@H]42. The highest BCUT2D eigenvalue weighted by Crippen LogP contribution is 2.56. The van der Waals surface area contributed by atoms with Gasteiger partial charge in [0.05, 0.1) is 17.3 Å². The molecular formula is C24H31N3OS. The minimum absolute atomic E-state index is 0.198. The summed E-state index contributed by atoms with van der Waals surface area (Å²) in [6.45, 7) is 9.43. The first kappa shape index (κ1) is 19.1. The summed E-state index contributed by atoms with van der Waals surface area (Å²) in [5.74, 6) is 0. The van der Waals surface area contributed by atoms with E-state index in [0.29, 0.717) is 17.8 Å². The lowest BCUT2D eigenvalue weighted by Crippen LogP contribution is -2.50. The maximum absolute atomic E-state index is 6.04. The molecule has 1 fully saturated rings. The number of piperidine rings is 1. The molecule has 0 aliphatic carbocycles. The Balaban J connectivity index is 1.64. The summed E-state index contributed by atoms with van der Waals surface area (Å²) >= 11 is 5.42. The fraction of sp³-hybridized carbons (Fsp3) is 0.542. The van der Waals surface area contributed by atoms with Gasteiger partial charge in [0.2, 0.25) is 0 Å². The molecule has 0 saturated carbocycles. The van der Waals surface area contributed by atoms with Crippen LogP contribution in [0.1, 0.15) is 57.3 Å². The Kier molecular flexibility index (Phi) is 4.71. The van der Waals surface area contributed by atoms with Gasteiger partial charge in [0, 0.05) is 29.1 Å². The van der Waals surface area contributed by atoms with E-state index in [2.05, 4.69) is 65.9 Å². The summed E-state index contributed by atoms with van der Waals surface area (Å²) < 4.78 is 8.54. The van der Waals surface area contributed by atoms with Crippen LogP contribution in [0.2, 0.25) is 0 Å². The maximum atomic E-state index is 6.04. The Hall–Kier alpha value is -1.85. The lowest BCUT2D eigenvalue weighted by Gasteiger charge is -2.53. The largest absolute Gasteiger partial charge is 0.465 e. The second-order valence-electron chi connectivity index (χ2n) is 9.11. The fourth-order valence-corrected chi connectivity index (χ4v) is 6.21. The van der Waals surface area contributed by atoms with E-state index in [1.807, 2.05) is 0 Å². The molecule has 3 aliphatic heterocycles. The van der Waals surface area contributed by atoms with Crippen LogP contribution in [0.3, 0.4) is 0 Å². The summed E-state index contributed by atoms with van der Waals surface area (Å²) in [5, 5.41) is 5.11. The Morgan fingerprint density at radius 3 is 2.93 bits per heavy atom. The van der Waals surface area contributed by atoms with Crippen LogP contribution >= 0.6 is 12.2 Å². The highest BCUT2D eigenvalue weighted by atomic mass is 32.1. The Bertz CT molecular complexity index is 991. The zero-order chi connectivity index (χ0) is 20.2. The zero-order valence-corrected chi connectivity index (χ0v) is 18.5. The first-order valence-corrected chi connectivity index (χ1v) is 11.5. The number of para-hydroxylation sites is 1. The predicted molar refractivity (Wildman–Crippen MR) is 123 cm³/mol. The molecule has 1 aromatic heterocycles. The number of nitrogens with zero attached hydrogens (tertiary/aromatic N) is 2. The number of hydrogen-bond donors (Lipinski definition) is 1. The summed E-state index contributed by atoms with van der Waals surface area (Å²) in [4.78, 5) is 2.74. The molecule has 0 unspecified atom stereocenters. The third kappa shape index (κ3) is 2.93. The van der Waals surface area contributed by atoms with Crippen molar-refractivity contribution in [2.45, 2.75) is 58.5 Å². The summed E-state index contributed by atoms with van der Waals surface area (Å²) in [7, 11) is 0. The van der Waals surface area contributed by atoms with Gasteiger partial charge in [-0.25, -0.2) is 0 Å². The van der Waals surface area contributed by atoms with Gasteiger partial charge in [-0.3, -0.25) is 4.90 Å². The van der Waals surface area contributed by atoms with Crippen molar-refractivity contribution in [1.82, 2.24) is 14.8 Å². The van der Waals surface area contributed by atoms with Crippen LogP contribution < -0.4 is 5.32 Å². The van der Waals surface area contributed by atoms with E-state index in [0.717, 1.165) is 12.8 Å². The monoisotopic (exact) mass is 409 g/mol. The number of nitrogens with one attached hydrogen (secondary N) is 1. The summed E-state index contributed by atoms with van der Waals surface area (Å²) in [6.07, 6.45) is 7.37. The molecule has 0 bridgehead atoms. The zero-order valence-electron chi connectivity index (χ0n) is 17.7. The minimum Gasteiger partial charge on any atom is -0.465 e. The second kappa shape index (κ2) is 7.13. The van der Waals surface area contributed by atoms with Crippen molar-refractivity contribution in [2.75, 3.05) is 19.7 Å². The van der Waals surface area contributed by atoms with E-state index < -0.39 is 0 Å². The van der Waals surface area contributed by atoms with Crippen LogP contribution in [0.15, 0.2) is 30.3 Å². The number of ether oxygens (including phenoxy) is 1. The molecule has 0 amide bonds. The van der Waals surface area contributed by atoms with Gasteiger partial charge in [0.25, 0.3) is 5.17 Å². The number of fused-ring (bicyclic) bond motifs is 3. The van der Waals surface area contributed by atoms with Crippen molar-refractivity contribution in [3.8, 4) is 0 Å². The number of rotatable bonds is 4. The van der Waals surface area contributed by atoms with Gasteiger partial charge in [-0.1, -0.05) is 31.2 Å². The molecule has 1 N–H and O–H groups in total. The van der Waals surface area contributed by atoms with Gasteiger partial charge in [-0.05, 0) is 69.9 Å². The maximum Gasteiger partial charge on any atom is 0.257 e. The van der Waals surface area contributed by atoms with Gasteiger partial charge < -0.3 is 14.6 Å². The van der Waals surface area contributed by atoms with Crippen molar-refractivity contribution in [3.63, 3.8) is 0 Å². The van der Waals surface area contributed by atoms with Crippen molar-refractivity contribution in [2.24, 2.45) is 5.41 Å². The van der Waals surface area contributed by atoms with Crippen molar-refractivity contribution >= 4 is 34.0 Å². The third-order valence-corrected chi connectivity index (χ3v) is 7.32. The lowest BCUT2D eigenvalue weighted by molar-refractivity contribution is 0.0264. The van der Waals surface area contributed by atoms with Crippen LogP contribution in [0.4, 0.5) is 0 Å². The van der Waals surface area contributed by atoms with E-state index in [4.69, 9.17) is 17.0 Å². The topological polar surface area (TPSA) is 29.4 Å². The van der Waals surface area contributed by atoms with Gasteiger partial charge in [0.15, 0.2) is 0 Å². The van der Waals surface area contributed by atoms with Crippen LogP contribution in [-0.4, -0.2) is 40.4 Å². The average molecular weight is 410 g/mol. The molecule has 4 heterocycles. The molecule has 5 rings (SSSR count). The van der Waals surface area contributed by atoms with E-state index >= 15 is 0 Å². The van der Waals surface area contributed by atoms with Crippen LogP contribution in [0.5, 0.6) is 0 Å². The third-order valence-electron chi connectivity index (χ3n) is 7.08. The predicted octanol–water partition coefficient (Wildman–Crippen LogP) is 4.88. The molecule has 5 heteroatoms. The van der Waals surface area contributed by atoms with E-state index in [9.17, 15) is 0 Å². The molecule has 2 atom stereocenters. The first-order valence-electron chi connectivity index (χ1n) is 11.1. The molecule has 4 nitrogen and oxygen atoms in total. The smallest absolute Gasteiger partial charge is 0.257 e. The normalized spacial score (nSPS) is 25.7. The second-order valence-corrected chi connectivity index (χ2v) is 9.48. The molecule has 1 saturated heterocycles. The van der Waals surface area contributed by atoms with E-state index in [-0.39, 0.29) is 11.5 Å². The Labute approximate surface area is 178 Å². The number of thiocarbonyl (C=S) groups is 1. The molecule has 2 aromatic rings. The van der Waals surface area contributed by atoms with Gasteiger partial charge in [-0.2, -0.15) is 0 Å². The minimum atomic E-state index is 0.198. The Morgan fingerprint density at radius 1 is 1.31 bits per heavy atom. The molecule has 154 valence electrons. The standard InChI is InChI=1S/C24H31N3OS/c1-4-24-11-7-12-26-13-10-19-18-8-5-6-9-20(18)27(21(19)22(24)26)17(14-24)15-28-23(29)25-16(2)3/h5-6,8-9,14,16,22H,4,7,10-13,15H2,1-3H3,(H,25,29)/t22-,24+/m1/s1. The van der Waals surface area contributed by atoms with Crippen molar-refractivity contribution in [3.05, 3.63) is 41.6 Å². The van der Waals surface area contributed by atoms with Gasteiger partial charge in [-0.15, -0.1) is 0 Å². The van der Waals surface area contributed by atoms with E-state index in [1.165, 1.54) is 48.2 Å². The Morgan fingerprint density at radius 2 is 2.14 bits per heavy atom. The number of hydrogen-bond acceptors (Lipinski definition) is 3.